The Morgan fingerprint density at radius 2 is 1.60 bits per heavy atom. The normalized spacial score (nSPS) is 12.4. The summed E-state index contributed by atoms with van der Waals surface area (Å²) in [6.07, 6.45) is 4.20. The summed E-state index contributed by atoms with van der Waals surface area (Å²) in [5.74, 6) is -1.55. The number of hydrogen-bond donors (Lipinski definition) is 2. The molecule has 3 rings (SSSR count). The van der Waals surface area contributed by atoms with E-state index in [0.29, 0.717) is 11.3 Å². The van der Waals surface area contributed by atoms with E-state index in [-0.39, 0.29) is 18.6 Å². The van der Waals surface area contributed by atoms with Crippen LogP contribution in [-0.4, -0.2) is 30.3 Å². The van der Waals surface area contributed by atoms with Gasteiger partial charge in [0, 0.05) is 17.7 Å². The number of urea groups is 1. The summed E-state index contributed by atoms with van der Waals surface area (Å²) in [6, 6.07) is 13.6. The van der Waals surface area contributed by atoms with Crippen molar-refractivity contribution in [2.75, 3.05) is 11.9 Å². The molecule has 0 saturated carbocycles. The Hall–Kier alpha value is -3.48. The number of carbonyl (C=O) groups is 4. The average Bonchev–Trinajstić information content (AvgIpc) is 2.76. The zero-order valence-corrected chi connectivity index (χ0v) is 16.6. The molecule has 0 bridgehead atoms. The number of ether oxygens (including phenoxy) is 1. The largest absolute Gasteiger partial charge is 0.456 e. The Labute approximate surface area is 174 Å². The van der Waals surface area contributed by atoms with E-state index in [1.807, 2.05) is 12.1 Å². The summed E-state index contributed by atoms with van der Waals surface area (Å²) < 4.78 is 4.85. The number of hydrogen-bond acceptors (Lipinski definition) is 5. The van der Waals surface area contributed by atoms with Gasteiger partial charge in [0.15, 0.2) is 12.4 Å². The second-order valence-corrected chi connectivity index (χ2v) is 7.14. The first-order valence-electron chi connectivity index (χ1n) is 9.98. The highest BCUT2D eigenvalue weighted by Crippen LogP contribution is 2.23. The van der Waals surface area contributed by atoms with Crippen LogP contribution in [0.2, 0.25) is 0 Å². The molecule has 7 heteroatoms. The van der Waals surface area contributed by atoms with E-state index in [1.165, 1.54) is 17.5 Å². The maximum atomic E-state index is 12.4. The quantitative estimate of drug-likeness (QED) is 0.540. The highest BCUT2D eigenvalue weighted by molar-refractivity contribution is 6.02. The molecule has 3 amide bonds. The molecule has 2 N–H and O–H groups in total. The molecule has 0 radical (unpaired) electrons. The van der Waals surface area contributed by atoms with Crippen molar-refractivity contribution in [3.05, 3.63) is 65.2 Å². The van der Waals surface area contributed by atoms with Gasteiger partial charge in [-0.2, -0.15) is 0 Å². The van der Waals surface area contributed by atoms with Crippen molar-refractivity contribution in [1.29, 1.82) is 0 Å². The van der Waals surface area contributed by atoms with Crippen LogP contribution < -0.4 is 10.6 Å². The second-order valence-electron chi connectivity index (χ2n) is 7.14. The lowest BCUT2D eigenvalue weighted by Gasteiger charge is -2.16. The Morgan fingerprint density at radius 3 is 2.37 bits per heavy atom. The van der Waals surface area contributed by atoms with Gasteiger partial charge < -0.3 is 10.1 Å². The van der Waals surface area contributed by atoms with E-state index in [4.69, 9.17) is 4.74 Å². The number of ketones is 1. The summed E-state index contributed by atoms with van der Waals surface area (Å²) in [4.78, 5) is 47.6. The van der Waals surface area contributed by atoms with Crippen molar-refractivity contribution in [3.63, 3.8) is 0 Å². The molecular weight excluding hydrogens is 384 g/mol. The smallest absolute Gasteiger partial charge is 0.325 e. The molecule has 2 aromatic carbocycles. The Morgan fingerprint density at radius 1 is 0.867 bits per heavy atom. The molecular formula is C23H24N2O5. The molecule has 0 atom stereocenters. The first-order valence-corrected chi connectivity index (χ1v) is 9.98. The van der Waals surface area contributed by atoms with Crippen LogP contribution in [0.1, 0.15) is 47.2 Å². The van der Waals surface area contributed by atoms with Crippen molar-refractivity contribution in [3.8, 4) is 0 Å². The number of fused-ring (bicyclic) bond motifs is 1. The van der Waals surface area contributed by atoms with Crippen molar-refractivity contribution < 1.29 is 23.9 Å². The van der Waals surface area contributed by atoms with Crippen LogP contribution in [0.15, 0.2) is 48.5 Å². The van der Waals surface area contributed by atoms with Crippen LogP contribution in [0.3, 0.4) is 0 Å². The summed E-state index contributed by atoms with van der Waals surface area (Å²) in [5, 5.41) is 4.55. The maximum Gasteiger partial charge on any atom is 0.325 e. The fraction of sp³-hybridized carbons (Fsp3) is 0.304. The van der Waals surface area contributed by atoms with Crippen molar-refractivity contribution in [2.45, 2.75) is 38.5 Å². The van der Waals surface area contributed by atoms with Gasteiger partial charge in [0.25, 0.3) is 5.91 Å². The van der Waals surface area contributed by atoms with Gasteiger partial charge in [-0.3, -0.25) is 19.7 Å². The number of anilines is 1. The zero-order valence-electron chi connectivity index (χ0n) is 16.6. The molecule has 0 spiro atoms. The van der Waals surface area contributed by atoms with Gasteiger partial charge in [0.2, 0.25) is 0 Å². The van der Waals surface area contributed by atoms with Crippen LogP contribution in [0.4, 0.5) is 10.5 Å². The highest BCUT2D eigenvalue weighted by atomic mass is 16.5. The number of amides is 3. The molecule has 0 saturated heterocycles. The van der Waals surface area contributed by atoms with E-state index >= 15 is 0 Å². The molecule has 156 valence electrons. The Balaban J connectivity index is 1.37. The third kappa shape index (κ3) is 6.27. The van der Waals surface area contributed by atoms with Gasteiger partial charge in [-0.1, -0.05) is 30.3 Å². The summed E-state index contributed by atoms with van der Waals surface area (Å²) >= 11 is 0. The van der Waals surface area contributed by atoms with E-state index in [1.54, 1.807) is 36.4 Å². The van der Waals surface area contributed by atoms with E-state index < -0.39 is 24.5 Å². The van der Waals surface area contributed by atoms with Gasteiger partial charge in [-0.25, -0.2) is 4.79 Å². The minimum absolute atomic E-state index is 0.00767. The van der Waals surface area contributed by atoms with Crippen LogP contribution >= 0.6 is 0 Å². The number of rotatable bonds is 7. The zero-order chi connectivity index (χ0) is 21.3. The fourth-order valence-electron chi connectivity index (χ4n) is 3.33. The predicted octanol–water partition coefficient (Wildman–Crippen LogP) is 3.42. The number of imide groups is 1. The SMILES string of the molecule is O=C(COC(=O)CCC(=O)c1ccc2c(c1)CCCC2)NC(=O)Nc1ccccc1. The van der Waals surface area contributed by atoms with Crippen LogP contribution in [0.5, 0.6) is 0 Å². The van der Waals surface area contributed by atoms with Crippen molar-refractivity contribution in [2.24, 2.45) is 0 Å². The van der Waals surface area contributed by atoms with Gasteiger partial charge >= 0.3 is 12.0 Å². The number of aryl methyl sites for hydroxylation is 2. The third-order valence-electron chi connectivity index (χ3n) is 4.88. The molecule has 0 unspecified atom stereocenters. The lowest BCUT2D eigenvalue weighted by molar-refractivity contribution is -0.148. The number of benzene rings is 2. The number of para-hydroxylation sites is 1. The van der Waals surface area contributed by atoms with Gasteiger partial charge in [-0.15, -0.1) is 0 Å². The average molecular weight is 408 g/mol. The molecule has 1 aliphatic rings. The summed E-state index contributed by atoms with van der Waals surface area (Å²) in [6.45, 7) is -0.589. The summed E-state index contributed by atoms with van der Waals surface area (Å²) in [7, 11) is 0. The predicted molar refractivity (Wildman–Crippen MR) is 111 cm³/mol. The maximum absolute atomic E-state index is 12.4. The topological polar surface area (TPSA) is 102 Å². The number of esters is 1. The number of Topliss-reactive ketones (excluding diaryl/α,β-unsaturated/α-hetero) is 1. The Bertz CT molecular complexity index is 940. The highest BCUT2D eigenvalue weighted by Gasteiger charge is 2.16. The van der Waals surface area contributed by atoms with Crippen LogP contribution in [-0.2, 0) is 27.2 Å². The Kier molecular flexibility index (Phi) is 7.32. The first-order chi connectivity index (χ1) is 14.5. The molecule has 0 heterocycles. The van der Waals surface area contributed by atoms with Gasteiger partial charge in [0.05, 0.1) is 6.42 Å². The molecule has 7 nitrogen and oxygen atoms in total. The summed E-state index contributed by atoms with van der Waals surface area (Å²) in [5.41, 5.74) is 3.62. The minimum Gasteiger partial charge on any atom is -0.456 e. The molecule has 0 aliphatic heterocycles. The van der Waals surface area contributed by atoms with Crippen LogP contribution in [0, 0.1) is 0 Å². The van der Waals surface area contributed by atoms with Gasteiger partial charge in [0.1, 0.15) is 0 Å². The lowest BCUT2D eigenvalue weighted by Crippen LogP contribution is -2.37. The fourth-order valence-corrected chi connectivity index (χ4v) is 3.33. The van der Waals surface area contributed by atoms with Crippen molar-refractivity contribution >= 4 is 29.4 Å². The molecule has 30 heavy (non-hydrogen) atoms. The van der Waals surface area contributed by atoms with E-state index in [2.05, 4.69) is 10.6 Å². The standard InChI is InChI=1S/C23H24N2O5/c26-20(18-11-10-16-6-4-5-7-17(16)14-18)12-13-22(28)30-15-21(27)25-23(29)24-19-8-2-1-3-9-19/h1-3,8-11,14H,4-7,12-13,15H2,(H2,24,25,27,29). The van der Waals surface area contributed by atoms with E-state index in [0.717, 1.165) is 19.3 Å². The molecule has 0 fully saturated rings. The second kappa shape index (κ2) is 10.3. The molecule has 0 aromatic heterocycles. The number of nitrogens with one attached hydrogen (secondary N) is 2. The lowest BCUT2D eigenvalue weighted by atomic mass is 9.89. The van der Waals surface area contributed by atoms with Gasteiger partial charge in [-0.05, 0) is 55.0 Å². The van der Waals surface area contributed by atoms with Crippen molar-refractivity contribution in [1.82, 2.24) is 5.32 Å². The third-order valence-corrected chi connectivity index (χ3v) is 4.88. The number of carbonyl (C=O) groups excluding carboxylic acids is 4. The van der Waals surface area contributed by atoms with E-state index in [9.17, 15) is 19.2 Å². The molecule has 1 aliphatic carbocycles. The minimum atomic E-state index is -0.752. The molecule has 2 aromatic rings. The first kappa shape index (κ1) is 21.2. The van der Waals surface area contributed by atoms with Crippen LogP contribution in [0.25, 0.3) is 0 Å². The monoisotopic (exact) mass is 408 g/mol.